The summed E-state index contributed by atoms with van der Waals surface area (Å²) < 4.78 is 18.7. The maximum Gasteiger partial charge on any atom is 0.303 e. The fraction of sp³-hybridized carbons (Fsp3) is 0.367. The van der Waals surface area contributed by atoms with Crippen LogP contribution in [0.25, 0.3) is 0 Å². The molecule has 212 valence electrons. The molecule has 1 fully saturated rings. The number of benzene rings is 2. The summed E-state index contributed by atoms with van der Waals surface area (Å²) in [7, 11) is 0. The van der Waals surface area contributed by atoms with Crippen LogP contribution in [0.5, 0.6) is 0 Å². The Morgan fingerprint density at radius 1 is 1.05 bits per heavy atom. The van der Waals surface area contributed by atoms with Crippen molar-refractivity contribution in [3.63, 3.8) is 0 Å². The Morgan fingerprint density at radius 3 is 2.38 bits per heavy atom. The molecule has 5 atom stereocenters. The second kappa shape index (κ2) is 13.8. The number of ether oxygens (including phenoxy) is 3. The average Bonchev–Trinajstić information content (AvgIpc) is 2.96. The summed E-state index contributed by atoms with van der Waals surface area (Å²) in [4.78, 5) is 23.2. The van der Waals surface area contributed by atoms with E-state index in [1.807, 2.05) is 54.6 Å². The predicted octanol–water partition coefficient (Wildman–Crippen LogP) is 3.96. The number of nitrogens with zero attached hydrogens (tertiary/aromatic N) is 1. The number of nitrogens with one attached hydrogen (secondary N) is 1. The van der Waals surface area contributed by atoms with Gasteiger partial charge in [0.25, 0.3) is 10.9 Å². The Balaban J connectivity index is 1.48. The van der Waals surface area contributed by atoms with Gasteiger partial charge in [0.15, 0.2) is 18.6 Å². The van der Waals surface area contributed by atoms with Gasteiger partial charge in [-0.2, -0.15) is 4.73 Å². The van der Waals surface area contributed by atoms with E-state index in [2.05, 4.69) is 12.2 Å². The number of pyridine rings is 1. The summed E-state index contributed by atoms with van der Waals surface area (Å²) in [6.45, 7) is 5.10. The molecule has 0 bridgehead atoms. The first-order valence-electron chi connectivity index (χ1n) is 13.1. The molecule has 10 heteroatoms. The van der Waals surface area contributed by atoms with Crippen LogP contribution in [0, 0.1) is 11.1 Å². The first-order chi connectivity index (χ1) is 19.2. The topological polar surface area (TPSA) is 121 Å². The molecule has 2 aromatic carbocycles. The predicted molar refractivity (Wildman–Crippen MR) is 149 cm³/mol. The van der Waals surface area contributed by atoms with Crippen molar-refractivity contribution in [1.29, 1.82) is 0 Å². The zero-order valence-corrected chi connectivity index (χ0v) is 23.5. The van der Waals surface area contributed by atoms with Gasteiger partial charge in [0.1, 0.15) is 0 Å². The van der Waals surface area contributed by atoms with Gasteiger partial charge in [-0.1, -0.05) is 67.2 Å². The number of esters is 1. The highest BCUT2D eigenvalue weighted by atomic mass is 32.2. The molecule has 0 radical (unpaired) electrons. The monoisotopic (exact) mass is 566 g/mol. The van der Waals surface area contributed by atoms with Gasteiger partial charge in [-0.05, 0) is 29.7 Å². The highest BCUT2D eigenvalue weighted by Gasteiger charge is 2.38. The molecular formula is C30H34N2O7S. The summed E-state index contributed by atoms with van der Waals surface area (Å²) in [6.07, 6.45) is -0.520. The number of thioether (sulfide) groups is 1. The van der Waals surface area contributed by atoms with Crippen LogP contribution in [0.4, 0.5) is 0 Å². The Bertz CT molecular complexity index is 1290. The van der Waals surface area contributed by atoms with Gasteiger partial charge in [-0.3, -0.25) is 9.59 Å². The van der Waals surface area contributed by atoms with Gasteiger partial charge in [0, 0.05) is 42.8 Å². The Kier molecular flexibility index (Phi) is 10.2. The number of carbonyl (C=O) groups excluding carboxylic acids is 2. The Morgan fingerprint density at radius 2 is 1.73 bits per heavy atom. The third kappa shape index (κ3) is 7.60. The lowest BCUT2D eigenvalue weighted by Crippen LogP contribution is -2.39. The average molecular weight is 567 g/mol. The van der Waals surface area contributed by atoms with E-state index in [4.69, 9.17) is 14.2 Å². The normalized spacial score (nSPS) is 21.4. The van der Waals surface area contributed by atoms with Gasteiger partial charge < -0.3 is 29.8 Å². The van der Waals surface area contributed by atoms with Crippen molar-refractivity contribution in [2.24, 2.45) is 5.92 Å². The molecule has 1 unspecified atom stereocenters. The number of rotatable bonds is 10. The van der Waals surface area contributed by atoms with E-state index in [0.717, 1.165) is 27.0 Å². The van der Waals surface area contributed by atoms with Crippen LogP contribution in [0.15, 0.2) is 78.0 Å². The van der Waals surface area contributed by atoms with Crippen LogP contribution in [0.1, 0.15) is 55.4 Å². The molecule has 1 saturated heterocycles. The molecule has 0 aliphatic carbocycles. The smallest absolute Gasteiger partial charge is 0.303 e. The lowest BCUT2D eigenvalue weighted by molar-refractivity contribution is -0.645. The van der Waals surface area contributed by atoms with Crippen molar-refractivity contribution in [3.05, 3.63) is 100 Å². The molecular weight excluding hydrogens is 532 g/mol. The third-order valence-corrected chi connectivity index (χ3v) is 7.85. The van der Waals surface area contributed by atoms with Crippen molar-refractivity contribution >= 4 is 23.6 Å². The number of carbonyl (C=O) groups is 2. The Hall–Kier alpha value is -3.44. The van der Waals surface area contributed by atoms with Crippen molar-refractivity contribution in [3.8, 4) is 0 Å². The molecule has 1 aromatic heterocycles. The van der Waals surface area contributed by atoms with Crippen molar-refractivity contribution < 1.29 is 33.6 Å². The van der Waals surface area contributed by atoms with Crippen molar-refractivity contribution in [2.45, 2.75) is 63.6 Å². The van der Waals surface area contributed by atoms with E-state index in [9.17, 15) is 19.9 Å². The van der Waals surface area contributed by atoms with Gasteiger partial charge in [-0.25, -0.2) is 0 Å². The molecule has 0 spiro atoms. The molecule has 1 amide bonds. The van der Waals surface area contributed by atoms with Gasteiger partial charge >= 0.3 is 5.97 Å². The highest BCUT2D eigenvalue weighted by molar-refractivity contribution is 7.99. The Labute approximate surface area is 238 Å². The summed E-state index contributed by atoms with van der Waals surface area (Å²) in [5, 5.41) is 25.0. The fourth-order valence-electron chi connectivity index (χ4n) is 4.43. The van der Waals surface area contributed by atoms with E-state index < -0.39 is 18.4 Å². The fourth-order valence-corrected chi connectivity index (χ4v) is 5.51. The number of aliphatic hydroxyl groups excluding tert-OH is 1. The van der Waals surface area contributed by atoms with Crippen molar-refractivity contribution in [2.75, 3.05) is 5.75 Å². The molecule has 1 aliphatic heterocycles. The number of aromatic nitrogens is 1. The van der Waals surface area contributed by atoms with Gasteiger partial charge in [0.2, 0.25) is 0 Å². The van der Waals surface area contributed by atoms with Gasteiger partial charge in [-0.15, -0.1) is 0 Å². The maximum absolute atomic E-state index is 12.2. The second-order valence-corrected chi connectivity index (χ2v) is 10.7. The van der Waals surface area contributed by atoms with Crippen LogP contribution < -0.4 is 10.0 Å². The standard InChI is InChI=1S/C30H34N2O7S/c1-19-26(18-40-27-6-4-5-15-32(27)36)38-30(39-28(19)24-11-9-23(17-33)10-12-24)25-13-7-22(8-14-25)16-31-29(35)20(2)37-21(3)34/h4-15,19-20,26,28,30,33H,16-18H2,1-3H3,(H,31,35)/t19-,20-,26+,28+,30?/m0/s1. The SMILES string of the molecule is CC(=O)O[C@@H](C)C(=O)NCc1ccc(C2O[C@H](CSc3cccc[n+]3[O-])[C@H](C)[C@H](c3ccc(CO)cc3)O2)cc1. The molecule has 0 saturated carbocycles. The van der Waals surface area contributed by atoms with E-state index in [0.29, 0.717) is 10.8 Å². The molecule has 2 N–H and O–H groups in total. The van der Waals surface area contributed by atoms with E-state index in [1.54, 1.807) is 12.1 Å². The number of aliphatic hydroxyl groups is 1. The van der Waals surface area contributed by atoms with Crippen LogP contribution in [0.3, 0.4) is 0 Å². The van der Waals surface area contributed by atoms with Gasteiger partial charge in [0.05, 0.1) is 18.8 Å². The first-order valence-corrected chi connectivity index (χ1v) is 14.1. The molecule has 2 heterocycles. The van der Waals surface area contributed by atoms with Crippen LogP contribution in [-0.2, 0) is 37.0 Å². The summed E-state index contributed by atoms with van der Waals surface area (Å²) in [6, 6.07) is 20.6. The summed E-state index contributed by atoms with van der Waals surface area (Å²) in [5.74, 6) is -0.339. The molecule has 40 heavy (non-hydrogen) atoms. The van der Waals surface area contributed by atoms with Crippen LogP contribution in [-0.4, -0.2) is 34.9 Å². The highest BCUT2D eigenvalue weighted by Crippen LogP contribution is 2.42. The van der Waals surface area contributed by atoms with Crippen LogP contribution in [0.2, 0.25) is 0 Å². The minimum absolute atomic E-state index is 0.0127. The summed E-state index contributed by atoms with van der Waals surface area (Å²) in [5.41, 5.74) is 3.48. The second-order valence-electron chi connectivity index (χ2n) is 9.71. The quantitative estimate of drug-likeness (QED) is 0.164. The lowest BCUT2D eigenvalue weighted by Gasteiger charge is -2.41. The molecule has 4 rings (SSSR count). The van der Waals surface area contributed by atoms with Crippen molar-refractivity contribution in [1.82, 2.24) is 5.32 Å². The van der Waals surface area contributed by atoms with Crippen LogP contribution >= 0.6 is 11.8 Å². The maximum atomic E-state index is 12.2. The number of amides is 1. The molecule has 3 aromatic rings. The minimum Gasteiger partial charge on any atom is -0.618 e. The largest absolute Gasteiger partial charge is 0.618 e. The number of hydrogen-bond acceptors (Lipinski definition) is 8. The van der Waals surface area contributed by atoms with E-state index in [-0.39, 0.29) is 37.2 Å². The zero-order valence-electron chi connectivity index (χ0n) is 22.7. The molecule has 9 nitrogen and oxygen atoms in total. The lowest BCUT2D eigenvalue weighted by atomic mass is 9.91. The van der Waals surface area contributed by atoms with E-state index in [1.165, 1.54) is 31.8 Å². The number of hydrogen-bond donors (Lipinski definition) is 2. The third-order valence-electron chi connectivity index (χ3n) is 6.74. The summed E-state index contributed by atoms with van der Waals surface area (Å²) >= 11 is 1.44. The van der Waals surface area contributed by atoms with E-state index >= 15 is 0 Å². The first kappa shape index (κ1) is 29.5. The minimum atomic E-state index is -0.868. The zero-order chi connectivity index (χ0) is 28.6. The molecule has 1 aliphatic rings.